The molecule has 0 bridgehead atoms. The number of anilines is 1. The van der Waals surface area contributed by atoms with E-state index in [0.29, 0.717) is 21.4 Å². The quantitative estimate of drug-likeness (QED) is 0.667. The Hall–Kier alpha value is -1.84. The van der Waals surface area contributed by atoms with Gasteiger partial charge in [-0.25, -0.2) is 4.98 Å². The number of hydrogen-bond acceptors (Lipinski definition) is 3. The minimum absolute atomic E-state index is 0.163. The van der Waals surface area contributed by atoms with Gasteiger partial charge < -0.3 is 5.32 Å². The van der Waals surface area contributed by atoms with Gasteiger partial charge in [-0.2, -0.15) is 0 Å². The van der Waals surface area contributed by atoms with Crippen molar-refractivity contribution in [2.45, 2.75) is 6.92 Å². The van der Waals surface area contributed by atoms with E-state index < -0.39 is 0 Å². The third kappa shape index (κ3) is 3.83. The second-order valence-electron chi connectivity index (χ2n) is 4.14. The first-order valence-corrected chi connectivity index (χ1v) is 6.68. The highest BCUT2D eigenvalue weighted by atomic mass is 35.5. The molecule has 3 nitrogen and oxygen atoms in total. The number of allylic oxidation sites excluding steroid dienone is 1. The minimum atomic E-state index is -0.163. The predicted octanol–water partition coefficient (Wildman–Crippen LogP) is 4.51. The van der Waals surface area contributed by atoms with Gasteiger partial charge in [0.05, 0.1) is 10.0 Å². The zero-order chi connectivity index (χ0) is 14.5. The molecular weight excluding hydrogens is 295 g/mol. The number of benzene rings is 1. The van der Waals surface area contributed by atoms with Crippen LogP contribution in [0.25, 0.3) is 0 Å². The van der Waals surface area contributed by atoms with E-state index in [1.165, 1.54) is 6.08 Å². The van der Waals surface area contributed by atoms with Gasteiger partial charge in [-0.3, -0.25) is 4.79 Å². The van der Waals surface area contributed by atoms with Gasteiger partial charge in [-0.05, 0) is 37.3 Å². The Morgan fingerprint density at radius 3 is 2.70 bits per heavy atom. The summed E-state index contributed by atoms with van der Waals surface area (Å²) in [5.41, 5.74) is 1.38. The van der Waals surface area contributed by atoms with E-state index in [-0.39, 0.29) is 5.78 Å². The van der Waals surface area contributed by atoms with Crippen LogP contribution < -0.4 is 5.32 Å². The van der Waals surface area contributed by atoms with Crippen molar-refractivity contribution < 1.29 is 4.79 Å². The van der Waals surface area contributed by atoms with Crippen molar-refractivity contribution >= 4 is 34.8 Å². The molecule has 0 aliphatic carbocycles. The molecule has 1 aromatic heterocycles. The van der Waals surface area contributed by atoms with Gasteiger partial charge >= 0.3 is 0 Å². The maximum Gasteiger partial charge on any atom is 0.187 e. The Morgan fingerprint density at radius 2 is 2.00 bits per heavy atom. The maximum absolute atomic E-state index is 11.9. The molecule has 0 spiro atoms. The molecule has 0 radical (unpaired) electrons. The van der Waals surface area contributed by atoms with Gasteiger partial charge in [0.15, 0.2) is 5.78 Å². The molecule has 0 unspecified atom stereocenters. The number of carbonyl (C=O) groups excluding carboxylic acids is 1. The van der Waals surface area contributed by atoms with Crippen molar-refractivity contribution in [3.8, 4) is 0 Å². The van der Waals surface area contributed by atoms with Gasteiger partial charge in [0, 0.05) is 23.5 Å². The second-order valence-corrected chi connectivity index (χ2v) is 4.95. The first-order valence-electron chi connectivity index (χ1n) is 5.92. The molecule has 1 N–H and O–H groups in total. The Kier molecular flexibility index (Phi) is 4.77. The van der Waals surface area contributed by atoms with E-state index in [2.05, 4.69) is 10.3 Å². The molecule has 1 aromatic carbocycles. The van der Waals surface area contributed by atoms with Crippen molar-refractivity contribution in [2.24, 2.45) is 0 Å². The summed E-state index contributed by atoms with van der Waals surface area (Å²) in [4.78, 5) is 16.2. The van der Waals surface area contributed by atoms with Crippen molar-refractivity contribution in [3.63, 3.8) is 0 Å². The Morgan fingerprint density at radius 1 is 1.20 bits per heavy atom. The zero-order valence-corrected chi connectivity index (χ0v) is 12.2. The fraction of sp³-hybridized carbons (Fsp3) is 0.0667. The molecular formula is C15H12Cl2N2O. The highest BCUT2D eigenvalue weighted by Gasteiger charge is 2.04. The molecule has 0 aliphatic heterocycles. The molecule has 0 aliphatic rings. The number of nitrogens with one attached hydrogen (secondary N) is 1. The van der Waals surface area contributed by atoms with E-state index in [0.717, 1.165) is 5.69 Å². The van der Waals surface area contributed by atoms with Crippen LogP contribution in [0.5, 0.6) is 0 Å². The van der Waals surface area contributed by atoms with Gasteiger partial charge in [-0.15, -0.1) is 0 Å². The normalized spacial score (nSPS) is 10.8. The topological polar surface area (TPSA) is 42.0 Å². The summed E-state index contributed by atoms with van der Waals surface area (Å²) in [5, 5.41) is 3.73. The molecule has 0 saturated carbocycles. The Bertz CT molecular complexity index is 669. The van der Waals surface area contributed by atoms with E-state index >= 15 is 0 Å². The van der Waals surface area contributed by atoms with E-state index in [9.17, 15) is 4.79 Å². The van der Waals surface area contributed by atoms with Crippen molar-refractivity contribution in [1.82, 2.24) is 4.98 Å². The molecule has 0 saturated heterocycles. The number of aryl methyl sites for hydroxylation is 1. The van der Waals surface area contributed by atoms with E-state index in [4.69, 9.17) is 23.2 Å². The van der Waals surface area contributed by atoms with Crippen LogP contribution in [0.4, 0.5) is 5.82 Å². The molecule has 1 heterocycles. The summed E-state index contributed by atoms with van der Waals surface area (Å²) in [5.74, 6) is 0.520. The van der Waals surface area contributed by atoms with Crippen molar-refractivity contribution in [3.05, 3.63) is 70.0 Å². The lowest BCUT2D eigenvalue weighted by molar-refractivity contribution is 0.104. The van der Waals surface area contributed by atoms with Gasteiger partial charge in [-0.1, -0.05) is 29.3 Å². The van der Waals surface area contributed by atoms with Crippen LogP contribution in [-0.2, 0) is 0 Å². The molecule has 0 fully saturated rings. The average Bonchev–Trinajstić information content (AvgIpc) is 2.42. The molecule has 102 valence electrons. The van der Waals surface area contributed by atoms with Crippen LogP contribution >= 0.6 is 23.2 Å². The molecule has 2 rings (SSSR count). The fourth-order valence-electron chi connectivity index (χ4n) is 1.57. The average molecular weight is 307 g/mol. The minimum Gasteiger partial charge on any atom is -0.347 e. The number of halogens is 2. The monoisotopic (exact) mass is 306 g/mol. The number of nitrogens with zero attached hydrogens (tertiary/aromatic N) is 1. The SMILES string of the molecule is Cc1cccc(N/C=C/C(=O)c2ccc(Cl)c(Cl)c2)n1. The van der Waals surface area contributed by atoms with E-state index in [1.54, 1.807) is 24.4 Å². The summed E-state index contributed by atoms with van der Waals surface area (Å²) in [7, 11) is 0. The van der Waals surface area contributed by atoms with Crippen LogP contribution in [0.3, 0.4) is 0 Å². The Labute approximate surface area is 127 Å². The predicted molar refractivity (Wildman–Crippen MR) is 82.5 cm³/mol. The number of pyridine rings is 1. The number of rotatable bonds is 4. The standard InChI is InChI=1S/C15H12Cl2N2O/c1-10-3-2-4-15(19-10)18-8-7-14(20)11-5-6-12(16)13(17)9-11/h2-9H,1H3,(H,18,19)/b8-7+. The maximum atomic E-state index is 11.9. The second kappa shape index (κ2) is 6.55. The lowest BCUT2D eigenvalue weighted by Gasteiger charge is -2.01. The van der Waals surface area contributed by atoms with E-state index in [1.807, 2.05) is 25.1 Å². The van der Waals surface area contributed by atoms with Crippen LogP contribution in [0.1, 0.15) is 16.1 Å². The smallest absolute Gasteiger partial charge is 0.187 e. The van der Waals surface area contributed by atoms with Crippen LogP contribution in [0.2, 0.25) is 10.0 Å². The first kappa shape index (κ1) is 14.6. The fourth-order valence-corrected chi connectivity index (χ4v) is 1.87. The number of carbonyl (C=O) groups is 1. The Balaban J connectivity index is 2.04. The number of ketones is 1. The first-order chi connectivity index (χ1) is 9.56. The third-order valence-corrected chi connectivity index (χ3v) is 3.30. The highest BCUT2D eigenvalue weighted by Crippen LogP contribution is 2.22. The van der Waals surface area contributed by atoms with Gasteiger partial charge in [0.1, 0.15) is 5.82 Å². The molecule has 0 amide bonds. The van der Waals surface area contributed by atoms with Gasteiger partial charge in [0.25, 0.3) is 0 Å². The summed E-state index contributed by atoms with van der Waals surface area (Å²) in [6, 6.07) is 10.4. The molecule has 0 atom stereocenters. The summed E-state index contributed by atoms with van der Waals surface area (Å²) < 4.78 is 0. The molecule has 5 heteroatoms. The lowest BCUT2D eigenvalue weighted by Crippen LogP contribution is -1.97. The summed E-state index contributed by atoms with van der Waals surface area (Å²) in [6.07, 6.45) is 2.97. The zero-order valence-electron chi connectivity index (χ0n) is 10.7. The molecule has 2 aromatic rings. The summed E-state index contributed by atoms with van der Waals surface area (Å²) in [6.45, 7) is 1.90. The largest absolute Gasteiger partial charge is 0.347 e. The summed E-state index contributed by atoms with van der Waals surface area (Å²) >= 11 is 11.7. The van der Waals surface area contributed by atoms with Crippen LogP contribution in [0.15, 0.2) is 48.7 Å². The van der Waals surface area contributed by atoms with Crippen molar-refractivity contribution in [2.75, 3.05) is 5.32 Å². The van der Waals surface area contributed by atoms with Gasteiger partial charge in [0.2, 0.25) is 0 Å². The number of aromatic nitrogens is 1. The lowest BCUT2D eigenvalue weighted by atomic mass is 10.1. The highest BCUT2D eigenvalue weighted by molar-refractivity contribution is 6.42. The third-order valence-electron chi connectivity index (χ3n) is 2.56. The molecule has 20 heavy (non-hydrogen) atoms. The van der Waals surface area contributed by atoms with Crippen molar-refractivity contribution in [1.29, 1.82) is 0 Å². The number of hydrogen-bond donors (Lipinski definition) is 1. The van der Waals surface area contributed by atoms with Crippen LogP contribution in [0, 0.1) is 6.92 Å². The van der Waals surface area contributed by atoms with Crippen LogP contribution in [-0.4, -0.2) is 10.8 Å².